The molecule has 4 nitrogen and oxygen atoms in total. The highest BCUT2D eigenvalue weighted by Gasteiger charge is 2.27. The number of likely N-dealkylation sites (tertiary alicyclic amines) is 1. The van der Waals surface area contributed by atoms with Crippen molar-refractivity contribution in [2.24, 2.45) is 5.92 Å². The van der Waals surface area contributed by atoms with Gasteiger partial charge in [0.15, 0.2) is 0 Å². The number of aliphatic hydroxyl groups is 1. The first kappa shape index (κ1) is 14.8. The van der Waals surface area contributed by atoms with Gasteiger partial charge in [-0.15, -0.1) is 0 Å². The summed E-state index contributed by atoms with van der Waals surface area (Å²) in [6.07, 6.45) is 0.178. The van der Waals surface area contributed by atoms with Crippen LogP contribution in [0.5, 0.6) is 0 Å². The van der Waals surface area contributed by atoms with E-state index in [-0.39, 0.29) is 16.8 Å². The number of halogens is 2. The zero-order valence-electron chi connectivity index (χ0n) is 10.7. The van der Waals surface area contributed by atoms with E-state index >= 15 is 0 Å². The third kappa shape index (κ3) is 3.09. The van der Waals surface area contributed by atoms with E-state index in [2.05, 4.69) is 0 Å². The maximum atomic E-state index is 13.1. The van der Waals surface area contributed by atoms with Crippen molar-refractivity contribution in [1.82, 2.24) is 4.90 Å². The molecule has 1 aliphatic rings. The fraction of sp³-hybridized carbons (Fsp3) is 0.429. The lowest BCUT2D eigenvalue weighted by Crippen LogP contribution is -2.41. The number of aliphatic hydroxyl groups excluding tert-OH is 1. The highest BCUT2D eigenvalue weighted by molar-refractivity contribution is 6.31. The zero-order chi connectivity index (χ0) is 14.7. The largest absolute Gasteiger partial charge is 0.378 e. The van der Waals surface area contributed by atoms with Gasteiger partial charge in [-0.05, 0) is 31.0 Å². The Hall–Kier alpha value is -1.64. The zero-order valence-corrected chi connectivity index (χ0v) is 11.5. The quantitative estimate of drug-likeness (QED) is 0.851. The first-order valence-electron chi connectivity index (χ1n) is 6.35. The molecule has 0 radical (unpaired) electrons. The summed E-state index contributed by atoms with van der Waals surface area (Å²) in [4.78, 5) is 13.9. The monoisotopic (exact) mass is 296 g/mol. The van der Waals surface area contributed by atoms with Crippen LogP contribution in [0.2, 0.25) is 5.02 Å². The van der Waals surface area contributed by atoms with E-state index in [0.717, 1.165) is 0 Å². The fourth-order valence-corrected chi connectivity index (χ4v) is 2.52. The van der Waals surface area contributed by atoms with Crippen LogP contribution in [0.15, 0.2) is 18.2 Å². The third-order valence-electron chi connectivity index (χ3n) is 3.57. The Morgan fingerprint density at radius 3 is 2.70 bits per heavy atom. The molecular weight excluding hydrogens is 283 g/mol. The van der Waals surface area contributed by atoms with Gasteiger partial charge < -0.3 is 10.0 Å². The summed E-state index contributed by atoms with van der Waals surface area (Å²) in [5.74, 6) is -0.864. The predicted molar refractivity (Wildman–Crippen MR) is 71.7 cm³/mol. The summed E-state index contributed by atoms with van der Waals surface area (Å²) in [7, 11) is 0. The van der Waals surface area contributed by atoms with Crippen LogP contribution in [-0.4, -0.2) is 35.1 Å². The van der Waals surface area contributed by atoms with Crippen molar-refractivity contribution in [3.05, 3.63) is 34.6 Å². The molecule has 0 aromatic heterocycles. The highest BCUT2D eigenvalue weighted by atomic mass is 35.5. The number of benzene rings is 1. The summed E-state index contributed by atoms with van der Waals surface area (Å²) < 4.78 is 13.1. The Kier molecular flexibility index (Phi) is 4.58. The number of amides is 1. The molecule has 6 heteroatoms. The van der Waals surface area contributed by atoms with Crippen LogP contribution in [0.3, 0.4) is 0 Å². The molecule has 0 bridgehead atoms. The number of piperidine rings is 1. The van der Waals surface area contributed by atoms with E-state index in [1.54, 1.807) is 4.90 Å². The van der Waals surface area contributed by atoms with Crippen LogP contribution in [0.4, 0.5) is 4.39 Å². The summed E-state index contributed by atoms with van der Waals surface area (Å²) in [6, 6.07) is 5.70. The Balaban J connectivity index is 2.01. The molecule has 2 rings (SSSR count). The van der Waals surface area contributed by atoms with Gasteiger partial charge in [-0.25, -0.2) is 4.39 Å². The van der Waals surface area contributed by atoms with E-state index in [1.165, 1.54) is 18.2 Å². The molecule has 0 aliphatic carbocycles. The first-order chi connectivity index (χ1) is 9.52. The van der Waals surface area contributed by atoms with Crippen LogP contribution in [-0.2, 0) is 0 Å². The first-order valence-corrected chi connectivity index (χ1v) is 6.72. The number of nitriles is 1. The van der Waals surface area contributed by atoms with Crippen molar-refractivity contribution in [1.29, 1.82) is 5.26 Å². The Morgan fingerprint density at radius 1 is 1.50 bits per heavy atom. The van der Waals surface area contributed by atoms with E-state index in [1.807, 2.05) is 6.07 Å². The molecule has 1 aliphatic heterocycles. The number of rotatable bonds is 2. The minimum absolute atomic E-state index is 0.0781. The van der Waals surface area contributed by atoms with Crippen LogP contribution in [0.1, 0.15) is 23.2 Å². The van der Waals surface area contributed by atoms with Crippen LogP contribution < -0.4 is 0 Å². The molecule has 1 atom stereocenters. The lowest BCUT2D eigenvalue weighted by molar-refractivity contribution is 0.0589. The van der Waals surface area contributed by atoms with Gasteiger partial charge in [0.25, 0.3) is 5.91 Å². The second kappa shape index (κ2) is 6.21. The minimum Gasteiger partial charge on any atom is -0.378 e. The molecule has 20 heavy (non-hydrogen) atoms. The summed E-state index contributed by atoms with van der Waals surface area (Å²) in [6.45, 7) is 0.939. The van der Waals surface area contributed by atoms with Gasteiger partial charge in [-0.3, -0.25) is 4.79 Å². The molecule has 1 amide bonds. The second-order valence-corrected chi connectivity index (χ2v) is 5.24. The number of carbonyl (C=O) groups excluding carboxylic acids is 1. The van der Waals surface area contributed by atoms with E-state index in [9.17, 15) is 14.3 Å². The van der Waals surface area contributed by atoms with E-state index in [4.69, 9.17) is 16.9 Å². The predicted octanol–water partition coefficient (Wildman–Crippen LogP) is 2.22. The number of nitrogens with zero attached hydrogens (tertiary/aromatic N) is 2. The Bertz CT molecular complexity index is 551. The maximum Gasteiger partial charge on any atom is 0.253 e. The lowest BCUT2D eigenvalue weighted by atomic mass is 9.91. The van der Waals surface area contributed by atoms with Gasteiger partial charge in [0.05, 0.1) is 11.1 Å². The van der Waals surface area contributed by atoms with Crippen molar-refractivity contribution in [2.75, 3.05) is 13.1 Å². The Morgan fingerprint density at radius 2 is 2.15 bits per heavy atom. The molecule has 1 aromatic rings. The molecule has 106 valence electrons. The smallest absolute Gasteiger partial charge is 0.253 e. The van der Waals surface area contributed by atoms with Gasteiger partial charge in [0.1, 0.15) is 11.9 Å². The summed E-state index contributed by atoms with van der Waals surface area (Å²) in [5.41, 5.74) is 0.343. The number of hydrogen-bond acceptors (Lipinski definition) is 3. The van der Waals surface area contributed by atoms with Crippen molar-refractivity contribution in [2.45, 2.75) is 18.9 Å². The van der Waals surface area contributed by atoms with Crippen molar-refractivity contribution < 1.29 is 14.3 Å². The maximum absolute atomic E-state index is 13.1. The third-order valence-corrected chi connectivity index (χ3v) is 3.86. The molecule has 1 saturated heterocycles. The molecule has 0 spiro atoms. The van der Waals surface area contributed by atoms with E-state index < -0.39 is 11.9 Å². The van der Waals surface area contributed by atoms with Gasteiger partial charge in [0, 0.05) is 24.6 Å². The molecular formula is C14H14ClFN2O2. The minimum atomic E-state index is -0.979. The van der Waals surface area contributed by atoms with Crippen LogP contribution in [0.25, 0.3) is 0 Å². The second-order valence-electron chi connectivity index (χ2n) is 4.83. The van der Waals surface area contributed by atoms with Gasteiger partial charge in [-0.2, -0.15) is 5.26 Å². The number of hydrogen-bond donors (Lipinski definition) is 1. The Labute approximate surface area is 121 Å². The molecule has 1 fully saturated rings. The normalized spacial score (nSPS) is 17.6. The lowest BCUT2D eigenvalue weighted by Gasteiger charge is -2.32. The fourth-order valence-electron chi connectivity index (χ4n) is 2.34. The summed E-state index contributed by atoms with van der Waals surface area (Å²) >= 11 is 5.67. The average molecular weight is 297 g/mol. The SMILES string of the molecule is N#CC(O)C1CCN(C(=O)c2ccc(F)c(Cl)c2)CC1. The van der Waals surface area contributed by atoms with Gasteiger partial charge in [0.2, 0.25) is 0 Å². The van der Waals surface area contributed by atoms with E-state index in [0.29, 0.717) is 31.5 Å². The van der Waals surface area contributed by atoms with Crippen LogP contribution in [0, 0.1) is 23.1 Å². The van der Waals surface area contributed by atoms with Crippen LogP contribution >= 0.6 is 11.6 Å². The molecule has 1 unspecified atom stereocenters. The van der Waals surface area contributed by atoms with Gasteiger partial charge >= 0.3 is 0 Å². The molecule has 1 heterocycles. The van der Waals surface area contributed by atoms with Crippen molar-refractivity contribution in [3.8, 4) is 6.07 Å². The molecule has 1 N–H and O–H groups in total. The highest BCUT2D eigenvalue weighted by Crippen LogP contribution is 2.23. The molecule has 0 saturated carbocycles. The van der Waals surface area contributed by atoms with Crippen molar-refractivity contribution in [3.63, 3.8) is 0 Å². The topological polar surface area (TPSA) is 64.3 Å². The molecule has 1 aromatic carbocycles. The standard InChI is InChI=1S/C14H14ClFN2O2/c15-11-7-10(1-2-12(11)16)14(20)18-5-3-9(4-6-18)13(19)8-17/h1-2,7,9,13,19H,3-6H2. The van der Waals surface area contributed by atoms with Gasteiger partial charge in [-0.1, -0.05) is 11.6 Å². The number of carbonyl (C=O) groups is 1. The van der Waals surface area contributed by atoms with Crippen molar-refractivity contribution >= 4 is 17.5 Å². The average Bonchev–Trinajstić information content (AvgIpc) is 2.48. The summed E-state index contributed by atoms with van der Waals surface area (Å²) in [5, 5.41) is 18.1.